The van der Waals surface area contributed by atoms with Crippen LogP contribution >= 0.6 is 0 Å². The number of hydrogen-bond donors (Lipinski definition) is 2. The van der Waals surface area contributed by atoms with E-state index in [4.69, 9.17) is 10.5 Å². The summed E-state index contributed by atoms with van der Waals surface area (Å²) >= 11 is 0. The number of amides is 1. The molecule has 1 amide bonds. The van der Waals surface area contributed by atoms with E-state index in [-0.39, 0.29) is 25.6 Å². The third kappa shape index (κ3) is 2.00. The van der Waals surface area contributed by atoms with Gasteiger partial charge in [0.25, 0.3) is 5.91 Å². The first kappa shape index (κ1) is 10.9. The quantitative estimate of drug-likeness (QED) is 0.738. The van der Waals surface area contributed by atoms with Gasteiger partial charge in [-0.25, -0.2) is 0 Å². The number of nitrogens with zero attached hydrogens (tertiary/aromatic N) is 1. The Bertz CT molecular complexity index is 395. The topological polar surface area (TPSA) is 75.8 Å². The minimum atomic E-state index is -0.713. The van der Waals surface area contributed by atoms with Crippen molar-refractivity contribution in [1.82, 2.24) is 0 Å². The number of β-amino-alcohol motifs (C(OH)–C–C–N with tert-alkyl or cyclic N) is 1. The zero-order valence-electron chi connectivity index (χ0n) is 8.80. The third-order valence-corrected chi connectivity index (χ3v) is 2.47. The van der Waals surface area contributed by atoms with E-state index in [1.54, 1.807) is 12.1 Å². The molecule has 0 saturated carbocycles. The Hall–Kier alpha value is -1.59. The number of benzene rings is 1. The summed E-state index contributed by atoms with van der Waals surface area (Å²) in [6.45, 7) is 0.344. The van der Waals surface area contributed by atoms with Crippen molar-refractivity contribution in [2.24, 2.45) is 5.73 Å². The molecule has 1 atom stereocenters. The van der Waals surface area contributed by atoms with Gasteiger partial charge >= 0.3 is 0 Å². The lowest BCUT2D eigenvalue weighted by atomic mass is 10.2. The Morgan fingerprint density at radius 1 is 1.50 bits per heavy atom. The molecule has 1 heterocycles. The molecule has 0 aromatic heterocycles. The van der Waals surface area contributed by atoms with Crippen LogP contribution in [0, 0.1) is 0 Å². The van der Waals surface area contributed by atoms with Gasteiger partial charge in [0.15, 0.2) is 6.61 Å². The van der Waals surface area contributed by atoms with Gasteiger partial charge in [0, 0.05) is 6.54 Å². The molecule has 1 aromatic carbocycles. The smallest absolute Gasteiger partial charge is 0.265 e. The van der Waals surface area contributed by atoms with Gasteiger partial charge < -0.3 is 20.5 Å². The predicted octanol–water partition coefficient (Wildman–Crippen LogP) is -0.268. The van der Waals surface area contributed by atoms with Crippen molar-refractivity contribution >= 4 is 11.6 Å². The second kappa shape index (κ2) is 4.51. The van der Waals surface area contributed by atoms with Gasteiger partial charge in [0.1, 0.15) is 5.75 Å². The average Bonchev–Trinajstić information content (AvgIpc) is 2.32. The van der Waals surface area contributed by atoms with Gasteiger partial charge in [-0.3, -0.25) is 4.79 Å². The van der Waals surface area contributed by atoms with E-state index in [1.165, 1.54) is 4.90 Å². The van der Waals surface area contributed by atoms with Crippen molar-refractivity contribution in [3.8, 4) is 5.75 Å². The zero-order chi connectivity index (χ0) is 11.5. The number of para-hydroxylation sites is 2. The van der Waals surface area contributed by atoms with Crippen LogP contribution in [0.5, 0.6) is 5.75 Å². The van der Waals surface area contributed by atoms with E-state index in [0.29, 0.717) is 11.4 Å². The molecule has 1 aromatic rings. The summed E-state index contributed by atoms with van der Waals surface area (Å²) in [6, 6.07) is 7.24. The molecular formula is C11H14N2O3. The van der Waals surface area contributed by atoms with Crippen LogP contribution in [0.15, 0.2) is 24.3 Å². The fraction of sp³-hybridized carbons (Fsp3) is 0.364. The van der Waals surface area contributed by atoms with Crippen molar-refractivity contribution < 1.29 is 14.6 Å². The van der Waals surface area contributed by atoms with Gasteiger partial charge in [0.2, 0.25) is 0 Å². The van der Waals surface area contributed by atoms with E-state index in [2.05, 4.69) is 0 Å². The maximum atomic E-state index is 11.7. The van der Waals surface area contributed by atoms with E-state index in [9.17, 15) is 9.90 Å². The van der Waals surface area contributed by atoms with Gasteiger partial charge in [-0.05, 0) is 12.1 Å². The van der Waals surface area contributed by atoms with Crippen LogP contribution in [0.2, 0.25) is 0 Å². The predicted molar refractivity (Wildman–Crippen MR) is 59.4 cm³/mol. The van der Waals surface area contributed by atoms with Crippen LogP contribution in [-0.2, 0) is 4.79 Å². The third-order valence-electron chi connectivity index (χ3n) is 2.47. The van der Waals surface area contributed by atoms with Crippen LogP contribution in [0.3, 0.4) is 0 Å². The van der Waals surface area contributed by atoms with E-state index in [1.807, 2.05) is 12.1 Å². The molecule has 86 valence electrons. The number of ether oxygens (including phenoxy) is 1. The van der Waals surface area contributed by atoms with Crippen molar-refractivity contribution in [3.05, 3.63) is 24.3 Å². The standard InChI is InChI=1S/C11H14N2O3/c12-5-8(14)6-13-9-3-1-2-4-10(9)16-7-11(13)15/h1-4,8,14H,5-7,12H2. The van der Waals surface area contributed by atoms with Gasteiger partial charge in [-0.1, -0.05) is 12.1 Å². The number of nitrogens with two attached hydrogens (primary N) is 1. The van der Waals surface area contributed by atoms with Crippen molar-refractivity contribution in [3.63, 3.8) is 0 Å². The fourth-order valence-electron chi connectivity index (χ4n) is 1.64. The lowest BCUT2D eigenvalue weighted by molar-refractivity contribution is -0.121. The first-order valence-corrected chi connectivity index (χ1v) is 5.12. The Morgan fingerprint density at radius 2 is 2.25 bits per heavy atom. The number of hydrogen-bond acceptors (Lipinski definition) is 4. The number of aliphatic hydroxyl groups excluding tert-OH is 1. The molecular weight excluding hydrogens is 208 g/mol. The second-order valence-electron chi connectivity index (χ2n) is 3.65. The summed E-state index contributed by atoms with van der Waals surface area (Å²) in [4.78, 5) is 13.2. The first-order chi connectivity index (χ1) is 7.72. The minimum absolute atomic E-state index is 0.00824. The highest BCUT2D eigenvalue weighted by molar-refractivity contribution is 5.97. The molecule has 1 aliphatic heterocycles. The number of fused-ring (bicyclic) bond motifs is 1. The normalized spacial score (nSPS) is 16.6. The van der Waals surface area contributed by atoms with Crippen LogP contribution < -0.4 is 15.4 Å². The molecule has 5 nitrogen and oxygen atoms in total. The van der Waals surface area contributed by atoms with Gasteiger partial charge in [-0.2, -0.15) is 0 Å². The molecule has 0 radical (unpaired) electrons. The molecule has 2 rings (SSSR count). The summed E-state index contributed by atoms with van der Waals surface area (Å²) in [7, 11) is 0. The summed E-state index contributed by atoms with van der Waals surface area (Å²) in [5.74, 6) is 0.498. The largest absolute Gasteiger partial charge is 0.482 e. The molecule has 0 spiro atoms. The number of carbonyl (C=O) groups excluding carboxylic acids is 1. The van der Waals surface area contributed by atoms with Crippen molar-refractivity contribution in [2.75, 3.05) is 24.6 Å². The van der Waals surface area contributed by atoms with Crippen molar-refractivity contribution in [1.29, 1.82) is 0 Å². The monoisotopic (exact) mass is 222 g/mol. The Morgan fingerprint density at radius 3 is 3.00 bits per heavy atom. The van der Waals surface area contributed by atoms with Crippen molar-refractivity contribution in [2.45, 2.75) is 6.10 Å². The summed E-state index contributed by atoms with van der Waals surface area (Å²) in [6.07, 6.45) is -0.713. The molecule has 0 fully saturated rings. The molecule has 1 aliphatic rings. The van der Waals surface area contributed by atoms with Crippen LogP contribution in [-0.4, -0.2) is 36.8 Å². The molecule has 5 heteroatoms. The molecule has 0 bridgehead atoms. The first-order valence-electron chi connectivity index (χ1n) is 5.12. The number of anilines is 1. The maximum Gasteiger partial charge on any atom is 0.265 e. The molecule has 1 unspecified atom stereocenters. The van der Waals surface area contributed by atoms with E-state index >= 15 is 0 Å². The van der Waals surface area contributed by atoms with Crippen LogP contribution in [0.4, 0.5) is 5.69 Å². The molecule has 0 aliphatic carbocycles. The Balaban J connectivity index is 2.26. The highest BCUT2D eigenvalue weighted by atomic mass is 16.5. The lowest BCUT2D eigenvalue weighted by Gasteiger charge is -2.30. The highest BCUT2D eigenvalue weighted by Gasteiger charge is 2.26. The van der Waals surface area contributed by atoms with E-state index in [0.717, 1.165) is 0 Å². The minimum Gasteiger partial charge on any atom is -0.482 e. The molecule has 16 heavy (non-hydrogen) atoms. The number of aliphatic hydroxyl groups is 1. The second-order valence-corrected chi connectivity index (χ2v) is 3.65. The average molecular weight is 222 g/mol. The summed E-state index contributed by atoms with van der Waals surface area (Å²) in [5.41, 5.74) is 6.02. The fourth-order valence-corrected chi connectivity index (χ4v) is 1.64. The maximum absolute atomic E-state index is 11.7. The summed E-state index contributed by atoms with van der Waals surface area (Å²) < 4.78 is 5.28. The lowest BCUT2D eigenvalue weighted by Crippen LogP contribution is -2.44. The zero-order valence-corrected chi connectivity index (χ0v) is 8.80. The Kier molecular flexibility index (Phi) is 3.07. The SMILES string of the molecule is NCC(O)CN1C(=O)COc2ccccc21. The Labute approximate surface area is 93.4 Å². The summed E-state index contributed by atoms with van der Waals surface area (Å²) in [5, 5.41) is 9.49. The van der Waals surface area contributed by atoms with Crippen LogP contribution in [0.25, 0.3) is 0 Å². The van der Waals surface area contributed by atoms with Gasteiger partial charge in [0.05, 0.1) is 18.3 Å². The van der Waals surface area contributed by atoms with E-state index < -0.39 is 6.10 Å². The number of rotatable bonds is 3. The van der Waals surface area contributed by atoms with Crippen LogP contribution in [0.1, 0.15) is 0 Å². The van der Waals surface area contributed by atoms with Gasteiger partial charge in [-0.15, -0.1) is 0 Å². The molecule has 3 N–H and O–H groups in total. The number of carbonyl (C=O) groups is 1. The highest BCUT2D eigenvalue weighted by Crippen LogP contribution is 2.31. The molecule has 0 saturated heterocycles.